The summed E-state index contributed by atoms with van der Waals surface area (Å²) in [6, 6.07) is 0. The minimum absolute atomic E-state index is 0.490. The first kappa shape index (κ1) is 6.60. The Kier molecular flexibility index (Phi) is 1.75. The molecule has 0 unspecified atom stereocenters. The van der Waals surface area contributed by atoms with Crippen molar-refractivity contribution >= 4 is 0 Å². The zero-order valence-corrected chi connectivity index (χ0v) is 6.22. The minimum Gasteiger partial charge on any atom is -0.0908 e. The van der Waals surface area contributed by atoms with Gasteiger partial charge in [0.1, 0.15) is 0 Å². The highest BCUT2D eigenvalue weighted by atomic mass is 14.4. The quantitative estimate of drug-likeness (QED) is 0.494. The monoisotopic (exact) mass is 122 g/mol. The van der Waals surface area contributed by atoms with Crippen molar-refractivity contribution in [2.75, 3.05) is 0 Å². The van der Waals surface area contributed by atoms with Gasteiger partial charge in [-0.15, -0.1) is 0 Å². The van der Waals surface area contributed by atoms with Crippen LogP contribution >= 0.6 is 0 Å². The van der Waals surface area contributed by atoms with Crippen LogP contribution in [0.15, 0.2) is 24.3 Å². The highest BCUT2D eigenvalue weighted by Crippen LogP contribution is 2.48. The standard InChI is InChI=1S/C9H14/c1-3-5-9(6-4-2)7-8-9/h3-6H,7-8H2,1-2H3/b5-3-,6-4?. The van der Waals surface area contributed by atoms with Crippen LogP contribution in [0.25, 0.3) is 0 Å². The van der Waals surface area contributed by atoms with E-state index >= 15 is 0 Å². The van der Waals surface area contributed by atoms with Crippen LogP contribution in [0, 0.1) is 5.41 Å². The Morgan fingerprint density at radius 3 is 1.67 bits per heavy atom. The molecule has 0 aromatic heterocycles. The molecule has 0 spiro atoms. The van der Waals surface area contributed by atoms with Crippen LogP contribution in [-0.4, -0.2) is 0 Å². The number of allylic oxidation sites excluding steroid dienone is 4. The van der Waals surface area contributed by atoms with E-state index in [0.29, 0.717) is 5.41 Å². The minimum atomic E-state index is 0.490. The highest BCUT2D eigenvalue weighted by molar-refractivity contribution is 5.19. The molecule has 1 aliphatic carbocycles. The van der Waals surface area contributed by atoms with Gasteiger partial charge in [-0.05, 0) is 26.7 Å². The predicted octanol–water partition coefficient (Wildman–Crippen LogP) is 2.92. The molecular weight excluding hydrogens is 108 g/mol. The largest absolute Gasteiger partial charge is 0.0908 e. The summed E-state index contributed by atoms with van der Waals surface area (Å²) in [5.74, 6) is 0. The maximum Gasteiger partial charge on any atom is 0.00616 e. The van der Waals surface area contributed by atoms with Crippen molar-refractivity contribution in [3.8, 4) is 0 Å². The van der Waals surface area contributed by atoms with Crippen molar-refractivity contribution in [1.29, 1.82) is 0 Å². The Hall–Kier alpha value is -0.520. The lowest BCUT2D eigenvalue weighted by Gasteiger charge is -1.98. The van der Waals surface area contributed by atoms with Gasteiger partial charge in [-0.1, -0.05) is 24.3 Å². The van der Waals surface area contributed by atoms with Gasteiger partial charge in [-0.2, -0.15) is 0 Å². The Morgan fingerprint density at radius 2 is 1.44 bits per heavy atom. The van der Waals surface area contributed by atoms with Gasteiger partial charge in [0.2, 0.25) is 0 Å². The first-order valence-electron chi connectivity index (χ1n) is 3.61. The van der Waals surface area contributed by atoms with Crippen LogP contribution in [0.1, 0.15) is 26.7 Å². The third-order valence-electron chi connectivity index (χ3n) is 1.82. The molecule has 0 aliphatic heterocycles. The van der Waals surface area contributed by atoms with Gasteiger partial charge in [-0.3, -0.25) is 0 Å². The lowest BCUT2D eigenvalue weighted by Crippen LogP contribution is -1.86. The van der Waals surface area contributed by atoms with Crippen molar-refractivity contribution in [1.82, 2.24) is 0 Å². The van der Waals surface area contributed by atoms with Gasteiger partial charge in [0.05, 0.1) is 0 Å². The van der Waals surface area contributed by atoms with E-state index in [9.17, 15) is 0 Å². The molecule has 0 aromatic rings. The average molecular weight is 122 g/mol. The molecule has 50 valence electrons. The van der Waals surface area contributed by atoms with Crippen molar-refractivity contribution in [3.05, 3.63) is 24.3 Å². The second-order valence-corrected chi connectivity index (χ2v) is 2.73. The molecule has 0 bridgehead atoms. The average Bonchev–Trinajstić information content (AvgIpc) is 2.51. The Bertz CT molecular complexity index is 122. The molecule has 0 aromatic carbocycles. The van der Waals surface area contributed by atoms with Crippen molar-refractivity contribution in [2.24, 2.45) is 5.41 Å². The molecular formula is C9H14. The van der Waals surface area contributed by atoms with Gasteiger partial charge in [-0.25, -0.2) is 0 Å². The molecule has 0 heteroatoms. The molecule has 0 atom stereocenters. The molecule has 1 saturated carbocycles. The smallest absolute Gasteiger partial charge is 0.00616 e. The van der Waals surface area contributed by atoms with Gasteiger partial charge >= 0.3 is 0 Å². The summed E-state index contributed by atoms with van der Waals surface area (Å²) in [4.78, 5) is 0. The third-order valence-corrected chi connectivity index (χ3v) is 1.82. The molecule has 0 saturated heterocycles. The Morgan fingerprint density at radius 1 is 1.00 bits per heavy atom. The summed E-state index contributed by atoms with van der Waals surface area (Å²) in [6.45, 7) is 4.17. The van der Waals surface area contributed by atoms with E-state index in [2.05, 4.69) is 38.2 Å². The lowest BCUT2D eigenvalue weighted by molar-refractivity contribution is 0.853. The summed E-state index contributed by atoms with van der Waals surface area (Å²) in [5, 5.41) is 0. The van der Waals surface area contributed by atoms with E-state index in [4.69, 9.17) is 0 Å². The van der Waals surface area contributed by atoms with Crippen LogP contribution in [0.4, 0.5) is 0 Å². The summed E-state index contributed by atoms with van der Waals surface area (Å²) < 4.78 is 0. The molecule has 0 radical (unpaired) electrons. The molecule has 1 aliphatic rings. The van der Waals surface area contributed by atoms with Crippen LogP contribution in [0.5, 0.6) is 0 Å². The van der Waals surface area contributed by atoms with Crippen LogP contribution in [0.2, 0.25) is 0 Å². The fourth-order valence-corrected chi connectivity index (χ4v) is 1.20. The molecule has 1 fully saturated rings. The lowest BCUT2D eigenvalue weighted by atomic mass is 10.1. The van der Waals surface area contributed by atoms with Crippen molar-refractivity contribution in [2.45, 2.75) is 26.7 Å². The summed E-state index contributed by atoms with van der Waals surface area (Å²) in [7, 11) is 0. The zero-order chi connectivity index (χ0) is 6.74. The summed E-state index contributed by atoms with van der Waals surface area (Å²) in [5.41, 5.74) is 0.490. The number of hydrogen-bond acceptors (Lipinski definition) is 0. The Labute approximate surface area is 57.3 Å². The fourth-order valence-electron chi connectivity index (χ4n) is 1.20. The SMILES string of the molecule is CC=CC1(/C=C\C)CC1. The first-order chi connectivity index (χ1) is 4.33. The van der Waals surface area contributed by atoms with Gasteiger partial charge in [0.25, 0.3) is 0 Å². The Balaban J connectivity index is 2.52. The van der Waals surface area contributed by atoms with Crippen LogP contribution in [0.3, 0.4) is 0 Å². The van der Waals surface area contributed by atoms with Gasteiger partial charge in [0, 0.05) is 5.41 Å². The number of rotatable bonds is 2. The number of hydrogen-bond donors (Lipinski definition) is 0. The maximum atomic E-state index is 2.30. The van der Waals surface area contributed by atoms with E-state index in [1.165, 1.54) is 12.8 Å². The van der Waals surface area contributed by atoms with E-state index in [-0.39, 0.29) is 0 Å². The third kappa shape index (κ3) is 1.44. The maximum absolute atomic E-state index is 2.30. The van der Waals surface area contributed by atoms with Crippen LogP contribution < -0.4 is 0 Å². The van der Waals surface area contributed by atoms with Crippen molar-refractivity contribution in [3.63, 3.8) is 0 Å². The molecule has 0 heterocycles. The van der Waals surface area contributed by atoms with E-state index in [1.54, 1.807) is 0 Å². The first-order valence-corrected chi connectivity index (χ1v) is 3.61. The molecule has 0 amide bonds. The predicted molar refractivity (Wildman–Crippen MR) is 41.3 cm³/mol. The topological polar surface area (TPSA) is 0 Å². The fraction of sp³-hybridized carbons (Fsp3) is 0.556. The second-order valence-electron chi connectivity index (χ2n) is 2.73. The summed E-state index contributed by atoms with van der Waals surface area (Å²) in [6.07, 6.45) is 11.6. The molecule has 9 heavy (non-hydrogen) atoms. The second kappa shape index (κ2) is 2.38. The van der Waals surface area contributed by atoms with Crippen molar-refractivity contribution < 1.29 is 0 Å². The molecule has 1 rings (SSSR count). The summed E-state index contributed by atoms with van der Waals surface area (Å²) >= 11 is 0. The molecule has 0 nitrogen and oxygen atoms in total. The van der Waals surface area contributed by atoms with E-state index in [0.717, 1.165) is 0 Å². The van der Waals surface area contributed by atoms with Crippen LogP contribution in [-0.2, 0) is 0 Å². The molecule has 0 N–H and O–H groups in total. The highest BCUT2D eigenvalue weighted by Gasteiger charge is 2.36. The zero-order valence-electron chi connectivity index (χ0n) is 6.22. The van der Waals surface area contributed by atoms with Gasteiger partial charge < -0.3 is 0 Å². The van der Waals surface area contributed by atoms with Gasteiger partial charge in [0.15, 0.2) is 0 Å². The normalized spacial score (nSPS) is 23.8. The van der Waals surface area contributed by atoms with E-state index < -0.39 is 0 Å². The van der Waals surface area contributed by atoms with E-state index in [1.807, 2.05) is 0 Å².